The van der Waals surface area contributed by atoms with E-state index in [-0.39, 0.29) is 17.6 Å². The second-order valence-corrected chi connectivity index (χ2v) is 7.73. The summed E-state index contributed by atoms with van der Waals surface area (Å²) in [5, 5.41) is 3.81. The molecule has 0 bridgehead atoms. The second kappa shape index (κ2) is 8.67. The van der Waals surface area contributed by atoms with E-state index in [1.54, 1.807) is 4.90 Å². The number of rotatable bonds is 5. The molecule has 2 amide bonds. The Morgan fingerprint density at radius 1 is 1.03 bits per heavy atom. The number of hydrogen-bond acceptors (Lipinski definition) is 5. The molecule has 8 heteroatoms. The zero-order valence-corrected chi connectivity index (χ0v) is 16.6. The third kappa shape index (κ3) is 4.44. The molecule has 1 fully saturated rings. The minimum absolute atomic E-state index is 0.0756. The lowest BCUT2D eigenvalue weighted by atomic mass is 10.2. The number of carbonyl (C=O) groups is 2. The van der Waals surface area contributed by atoms with Gasteiger partial charge in [0.2, 0.25) is 0 Å². The van der Waals surface area contributed by atoms with Gasteiger partial charge in [0.05, 0.1) is 4.70 Å². The predicted octanol–water partition coefficient (Wildman–Crippen LogP) is 2.62. The molecule has 0 saturated carbocycles. The van der Waals surface area contributed by atoms with Crippen LogP contribution in [0.1, 0.15) is 20.8 Å². The van der Waals surface area contributed by atoms with Gasteiger partial charge in [-0.2, -0.15) is 4.37 Å². The van der Waals surface area contributed by atoms with Crippen LogP contribution in [0.2, 0.25) is 0 Å². The van der Waals surface area contributed by atoms with Crippen molar-refractivity contribution in [2.75, 3.05) is 39.3 Å². The summed E-state index contributed by atoms with van der Waals surface area (Å²) in [7, 11) is 0. The van der Waals surface area contributed by atoms with E-state index < -0.39 is 0 Å². The Morgan fingerprint density at radius 3 is 2.52 bits per heavy atom. The highest BCUT2D eigenvalue weighted by atomic mass is 32.1. The lowest BCUT2D eigenvalue weighted by Crippen LogP contribution is -2.50. The number of halogens is 1. The number of fused-ring (bicyclic) bond motifs is 1. The van der Waals surface area contributed by atoms with Gasteiger partial charge in [-0.3, -0.25) is 14.5 Å². The van der Waals surface area contributed by atoms with Crippen LogP contribution in [0.25, 0.3) is 10.1 Å². The van der Waals surface area contributed by atoms with Gasteiger partial charge in [-0.1, -0.05) is 18.2 Å². The SMILES string of the molecule is O=C(NCCN1CCN(C(=O)c2ccc(F)cc2)CC1)c1nsc2ccccc12. The topological polar surface area (TPSA) is 65.5 Å². The van der Waals surface area contributed by atoms with Crippen LogP contribution in [0.15, 0.2) is 48.5 Å². The predicted molar refractivity (Wildman–Crippen MR) is 111 cm³/mol. The molecule has 0 aliphatic carbocycles. The van der Waals surface area contributed by atoms with E-state index in [4.69, 9.17) is 0 Å². The van der Waals surface area contributed by atoms with Crippen molar-refractivity contribution in [2.45, 2.75) is 0 Å². The molecule has 0 spiro atoms. The van der Waals surface area contributed by atoms with Gasteiger partial charge in [-0.25, -0.2) is 4.39 Å². The number of amides is 2. The molecule has 1 aliphatic rings. The monoisotopic (exact) mass is 412 g/mol. The summed E-state index contributed by atoms with van der Waals surface area (Å²) in [6, 6.07) is 13.3. The Bertz CT molecular complexity index is 1010. The van der Waals surface area contributed by atoms with Gasteiger partial charge in [-0.05, 0) is 41.9 Å². The Balaban J connectivity index is 1.23. The fraction of sp³-hybridized carbons (Fsp3) is 0.286. The van der Waals surface area contributed by atoms with Crippen LogP contribution in [0.4, 0.5) is 4.39 Å². The number of benzene rings is 2. The maximum atomic E-state index is 13.0. The van der Waals surface area contributed by atoms with Crippen molar-refractivity contribution in [2.24, 2.45) is 0 Å². The van der Waals surface area contributed by atoms with Gasteiger partial charge in [0.25, 0.3) is 11.8 Å². The number of piperazine rings is 1. The summed E-state index contributed by atoms with van der Waals surface area (Å²) in [5.41, 5.74) is 0.975. The number of hydrogen-bond donors (Lipinski definition) is 1. The number of nitrogens with one attached hydrogen (secondary N) is 1. The average molecular weight is 412 g/mol. The molecule has 0 atom stereocenters. The van der Waals surface area contributed by atoms with Crippen molar-refractivity contribution in [1.82, 2.24) is 19.5 Å². The van der Waals surface area contributed by atoms with Crippen LogP contribution in [0.5, 0.6) is 0 Å². The van der Waals surface area contributed by atoms with Crippen LogP contribution in [-0.4, -0.2) is 65.3 Å². The van der Waals surface area contributed by atoms with E-state index in [2.05, 4.69) is 14.6 Å². The van der Waals surface area contributed by atoms with Gasteiger partial charge < -0.3 is 10.2 Å². The zero-order chi connectivity index (χ0) is 20.2. The smallest absolute Gasteiger partial charge is 0.271 e. The fourth-order valence-electron chi connectivity index (χ4n) is 3.41. The molecule has 0 unspecified atom stereocenters. The molecule has 3 aromatic rings. The first kappa shape index (κ1) is 19.5. The van der Waals surface area contributed by atoms with E-state index in [1.165, 1.54) is 35.8 Å². The highest BCUT2D eigenvalue weighted by Gasteiger charge is 2.22. The van der Waals surface area contributed by atoms with E-state index in [0.29, 0.717) is 37.4 Å². The highest BCUT2D eigenvalue weighted by molar-refractivity contribution is 7.13. The van der Waals surface area contributed by atoms with Crippen molar-refractivity contribution in [3.8, 4) is 0 Å². The summed E-state index contributed by atoms with van der Waals surface area (Å²) in [6.07, 6.45) is 0. The quantitative estimate of drug-likeness (QED) is 0.700. The third-order valence-corrected chi connectivity index (χ3v) is 5.88. The van der Waals surface area contributed by atoms with Gasteiger partial charge in [0.1, 0.15) is 11.5 Å². The summed E-state index contributed by atoms with van der Waals surface area (Å²) in [6.45, 7) is 3.94. The van der Waals surface area contributed by atoms with Crippen LogP contribution >= 0.6 is 11.5 Å². The van der Waals surface area contributed by atoms with Crippen molar-refractivity contribution in [3.63, 3.8) is 0 Å². The van der Waals surface area contributed by atoms with Gasteiger partial charge in [0, 0.05) is 50.2 Å². The zero-order valence-electron chi connectivity index (χ0n) is 15.8. The molecular weight excluding hydrogens is 391 g/mol. The lowest BCUT2D eigenvalue weighted by molar-refractivity contribution is 0.0638. The Labute approximate surface area is 172 Å². The number of carbonyl (C=O) groups excluding carboxylic acids is 2. The van der Waals surface area contributed by atoms with E-state index >= 15 is 0 Å². The molecule has 2 aromatic carbocycles. The van der Waals surface area contributed by atoms with E-state index in [1.807, 2.05) is 24.3 Å². The lowest BCUT2D eigenvalue weighted by Gasteiger charge is -2.34. The minimum atomic E-state index is -0.348. The first-order valence-electron chi connectivity index (χ1n) is 9.51. The molecule has 2 heterocycles. The number of aromatic nitrogens is 1. The second-order valence-electron chi connectivity index (χ2n) is 6.92. The van der Waals surface area contributed by atoms with Crippen molar-refractivity contribution < 1.29 is 14.0 Å². The van der Waals surface area contributed by atoms with Gasteiger partial charge >= 0.3 is 0 Å². The Hall–Kier alpha value is -2.84. The van der Waals surface area contributed by atoms with E-state index in [9.17, 15) is 14.0 Å². The molecule has 4 rings (SSSR count). The van der Waals surface area contributed by atoms with Gasteiger partial charge in [-0.15, -0.1) is 0 Å². The Kier molecular flexibility index (Phi) is 5.82. The van der Waals surface area contributed by atoms with Crippen LogP contribution in [-0.2, 0) is 0 Å². The molecule has 1 N–H and O–H groups in total. The van der Waals surface area contributed by atoms with Crippen LogP contribution < -0.4 is 5.32 Å². The Morgan fingerprint density at radius 2 is 1.76 bits per heavy atom. The van der Waals surface area contributed by atoms with Crippen LogP contribution in [0, 0.1) is 5.82 Å². The molecule has 150 valence electrons. The summed E-state index contributed by atoms with van der Waals surface area (Å²) < 4.78 is 18.3. The van der Waals surface area contributed by atoms with Crippen molar-refractivity contribution in [3.05, 3.63) is 65.6 Å². The third-order valence-electron chi connectivity index (χ3n) is 5.06. The summed E-state index contributed by atoms with van der Waals surface area (Å²) >= 11 is 1.33. The highest BCUT2D eigenvalue weighted by Crippen LogP contribution is 2.21. The minimum Gasteiger partial charge on any atom is -0.349 e. The average Bonchev–Trinajstić information content (AvgIpc) is 3.18. The molecule has 29 heavy (non-hydrogen) atoms. The molecule has 0 radical (unpaired) electrons. The van der Waals surface area contributed by atoms with Crippen molar-refractivity contribution in [1.29, 1.82) is 0 Å². The van der Waals surface area contributed by atoms with E-state index in [0.717, 1.165) is 23.2 Å². The van der Waals surface area contributed by atoms with Crippen LogP contribution in [0.3, 0.4) is 0 Å². The normalized spacial score (nSPS) is 14.9. The van der Waals surface area contributed by atoms with Crippen molar-refractivity contribution >= 4 is 33.4 Å². The molecule has 6 nitrogen and oxygen atoms in total. The molecule has 1 saturated heterocycles. The maximum absolute atomic E-state index is 13.0. The van der Waals surface area contributed by atoms with Gasteiger partial charge in [0.15, 0.2) is 0 Å². The summed E-state index contributed by atoms with van der Waals surface area (Å²) in [5.74, 6) is -0.583. The largest absolute Gasteiger partial charge is 0.349 e. The summed E-state index contributed by atoms with van der Waals surface area (Å²) in [4.78, 5) is 28.9. The molecule has 1 aliphatic heterocycles. The first-order chi connectivity index (χ1) is 14.1. The maximum Gasteiger partial charge on any atom is 0.271 e. The standard InChI is InChI=1S/C21H21FN4O2S/c22-16-7-5-15(6-8-16)21(28)26-13-11-25(12-14-26)10-9-23-20(27)19-17-3-1-2-4-18(17)29-24-19/h1-8H,9-14H2,(H,23,27). The fourth-order valence-corrected chi connectivity index (χ4v) is 4.18. The molecular formula is C21H21FN4O2S. The first-order valence-corrected chi connectivity index (χ1v) is 10.3. The molecule has 1 aromatic heterocycles. The number of nitrogens with zero attached hydrogens (tertiary/aromatic N) is 3.